The first-order valence-corrected chi connectivity index (χ1v) is 6.54. The first-order chi connectivity index (χ1) is 8.24. The van der Waals surface area contributed by atoms with Gasteiger partial charge in [0.1, 0.15) is 5.69 Å². The number of halogens is 1. The molecule has 0 atom stereocenters. The van der Waals surface area contributed by atoms with E-state index in [2.05, 4.69) is 26.0 Å². The highest BCUT2D eigenvalue weighted by atomic mass is 79.9. The Morgan fingerprint density at radius 1 is 1.59 bits per heavy atom. The van der Waals surface area contributed by atoms with Crippen molar-refractivity contribution in [1.82, 2.24) is 14.8 Å². The predicted octanol–water partition coefficient (Wildman–Crippen LogP) is 1.98. The lowest BCUT2D eigenvalue weighted by atomic mass is 10.2. The van der Waals surface area contributed by atoms with Crippen molar-refractivity contribution in [3.8, 4) is 0 Å². The predicted molar refractivity (Wildman–Crippen MR) is 67.3 cm³/mol. The van der Waals surface area contributed by atoms with E-state index in [1.54, 1.807) is 29.7 Å². The highest BCUT2D eigenvalue weighted by Gasteiger charge is 2.19. The maximum absolute atomic E-state index is 12.2. The second-order valence-corrected chi connectivity index (χ2v) is 4.99. The van der Waals surface area contributed by atoms with Crippen molar-refractivity contribution in [2.45, 2.75) is 6.54 Å². The van der Waals surface area contributed by atoms with Gasteiger partial charge in [0.2, 0.25) is 5.78 Å². The fourth-order valence-electron chi connectivity index (χ4n) is 1.38. The standard InChI is InChI=1S/C10H10BrN3O2S/c1-16-3-2-14-9(7(11)4-13-14)10(15)8-5-12-6-17-8/h4-6H,2-3H2,1H3. The van der Waals surface area contributed by atoms with E-state index >= 15 is 0 Å². The number of ether oxygens (including phenoxy) is 1. The Bertz CT molecular complexity index is 510. The van der Waals surface area contributed by atoms with E-state index in [9.17, 15) is 4.79 Å². The van der Waals surface area contributed by atoms with Crippen molar-refractivity contribution in [2.75, 3.05) is 13.7 Å². The number of hydrogen-bond donors (Lipinski definition) is 0. The molecule has 2 aromatic rings. The van der Waals surface area contributed by atoms with Crippen LogP contribution in [0.5, 0.6) is 0 Å². The molecular weight excluding hydrogens is 306 g/mol. The van der Waals surface area contributed by atoms with Gasteiger partial charge in [-0.1, -0.05) is 0 Å². The quantitative estimate of drug-likeness (QED) is 0.792. The molecule has 0 fully saturated rings. The minimum Gasteiger partial charge on any atom is -0.383 e. The fourth-order valence-corrected chi connectivity index (χ4v) is 2.42. The molecule has 5 nitrogen and oxygen atoms in total. The second-order valence-electron chi connectivity index (χ2n) is 3.25. The topological polar surface area (TPSA) is 57.0 Å². The summed E-state index contributed by atoms with van der Waals surface area (Å²) in [7, 11) is 1.61. The lowest BCUT2D eigenvalue weighted by molar-refractivity contribution is 0.102. The van der Waals surface area contributed by atoms with Crippen LogP contribution in [0.1, 0.15) is 15.4 Å². The zero-order valence-corrected chi connectivity index (χ0v) is 11.5. The third-order valence-corrected chi connectivity index (χ3v) is 3.53. The SMILES string of the molecule is COCCn1ncc(Br)c1C(=O)c1cncs1. The van der Waals surface area contributed by atoms with Crippen molar-refractivity contribution in [3.05, 3.63) is 32.9 Å². The van der Waals surface area contributed by atoms with Gasteiger partial charge in [-0.3, -0.25) is 14.5 Å². The van der Waals surface area contributed by atoms with Crippen LogP contribution in [-0.4, -0.2) is 34.3 Å². The van der Waals surface area contributed by atoms with Crippen LogP contribution in [0.25, 0.3) is 0 Å². The number of carbonyl (C=O) groups excluding carboxylic acids is 1. The lowest BCUT2D eigenvalue weighted by Crippen LogP contribution is -2.14. The summed E-state index contributed by atoms with van der Waals surface area (Å²) in [4.78, 5) is 16.7. The molecule has 0 saturated carbocycles. The van der Waals surface area contributed by atoms with Crippen LogP contribution in [0.2, 0.25) is 0 Å². The van der Waals surface area contributed by atoms with Crippen molar-refractivity contribution >= 4 is 33.0 Å². The third-order valence-electron chi connectivity index (χ3n) is 2.17. The van der Waals surface area contributed by atoms with Crippen LogP contribution in [0.4, 0.5) is 0 Å². The largest absolute Gasteiger partial charge is 0.383 e. The van der Waals surface area contributed by atoms with Gasteiger partial charge in [0.15, 0.2) is 0 Å². The zero-order chi connectivity index (χ0) is 12.3. The number of methoxy groups -OCH3 is 1. The highest BCUT2D eigenvalue weighted by molar-refractivity contribution is 9.10. The molecule has 0 aliphatic carbocycles. The summed E-state index contributed by atoms with van der Waals surface area (Å²) in [6, 6.07) is 0. The maximum Gasteiger partial charge on any atom is 0.223 e. The molecule has 7 heteroatoms. The summed E-state index contributed by atoms with van der Waals surface area (Å²) in [6.45, 7) is 1.05. The number of carbonyl (C=O) groups is 1. The molecular formula is C10H10BrN3O2S. The normalized spacial score (nSPS) is 10.7. The minimum absolute atomic E-state index is 0.0759. The van der Waals surface area contributed by atoms with Gasteiger partial charge < -0.3 is 4.74 Å². The molecule has 0 radical (unpaired) electrons. The summed E-state index contributed by atoms with van der Waals surface area (Å²) >= 11 is 4.65. The Hall–Kier alpha value is -1.05. The number of ketones is 1. The molecule has 0 spiro atoms. The van der Waals surface area contributed by atoms with E-state index in [0.717, 1.165) is 0 Å². The molecule has 90 valence electrons. The van der Waals surface area contributed by atoms with Crippen molar-refractivity contribution in [3.63, 3.8) is 0 Å². The van der Waals surface area contributed by atoms with Crippen LogP contribution in [0.3, 0.4) is 0 Å². The second kappa shape index (κ2) is 5.52. The maximum atomic E-state index is 12.2. The van der Waals surface area contributed by atoms with Gasteiger partial charge in [-0.05, 0) is 15.9 Å². The minimum atomic E-state index is -0.0759. The Kier molecular flexibility index (Phi) is 4.03. The molecule has 0 unspecified atom stereocenters. The summed E-state index contributed by atoms with van der Waals surface area (Å²) in [5.41, 5.74) is 2.17. The van der Waals surface area contributed by atoms with Crippen molar-refractivity contribution in [1.29, 1.82) is 0 Å². The summed E-state index contributed by atoms with van der Waals surface area (Å²) in [5, 5.41) is 4.14. The zero-order valence-electron chi connectivity index (χ0n) is 9.09. The molecule has 0 aliphatic heterocycles. The lowest BCUT2D eigenvalue weighted by Gasteiger charge is -2.05. The average molecular weight is 316 g/mol. The summed E-state index contributed by atoms with van der Waals surface area (Å²) in [5.74, 6) is -0.0759. The van der Waals surface area contributed by atoms with Gasteiger partial charge in [-0.15, -0.1) is 11.3 Å². The molecule has 2 rings (SSSR count). The molecule has 2 heterocycles. The van der Waals surface area contributed by atoms with E-state index in [1.165, 1.54) is 11.3 Å². The van der Waals surface area contributed by atoms with Gasteiger partial charge >= 0.3 is 0 Å². The number of aromatic nitrogens is 3. The van der Waals surface area contributed by atoms with Gasteiger partial charge in [0, 0.05) is 13.3 Å². The number of rotatable bonds is 5. The molecule has 0 N–H and O–H groups in total. The molecule has 0 amide bonds. The van der Waals surface area contributed by atoms with Crippen molar-refractivity contribution < 1.29 is 9.53 Å². The first kappa shape index (κ1) is 12.4. The summed E-state index contributed by atoms with van der Waals surface area (Å²) < 4.78 is 7.30. The van der Waals surface area contributed by atoms with Crippen LogP contribution in [0.15, 0.2) is 22.4 Å². The number of hydrogen-bond acceptors (Lipinski definition) is 5. The van der Waals surface area contributed by atoms with E-state index in [0.29, 0.717) is 28.2 Å². The molecule has 2 aromatic heterocycles. The molecule has 0 saturated heterocycles. The van der Waals surface area contributed by atoms with E-state index in [4.69, 9.17) is 4.74 Å². The van der Waals surface area contributed by atoms with E-state index in [1.807, 2.05) is 0 Å². The molecule has 0 aromatic carbocycles. The van der Waals surface area contributed by atoms with E-state index in [-0.39, 0.29) is 5.78 Å². The number of thiazole rings is 1. The first-order valence-electron chi connectivity index (χ1n) is 4.87. The van der Waals surface area contributed by atoms with Gasteiger partial charge in [0.05, 0.1) is 34.2 Å². The fraction of sp³-hybridized carbons (Fsp3) is 0.300. The number of nitrogens with zero attached hydrogens (tertiary/aromatic N) is 3. The van der Waals surface area contributed by atoms with Crippen LogP contribution >= 0.6 is 27.3 Å². The Labute approximate surface area is 111 Å². The Morgan fingerprint density at radius 2 is 2.41 bits per heavy atom. The van der Waals surface area contributed by atoms with Gasteiger partial charge in [-0.2, -0.15) is 5.10 Å². The average Bonchev–Trinajstić information content (AvgIpc) is 2.95. The van der Waals surface area contributed by atoms with Crippen LogP contribution in [-0.2, 0) is 11.3 Å². The third kappa shape index (κ3) is 2.62. The van der Waals surface area contributed by atoms with Crippen LogP contribution < -0.4 is 0 Å². The highest BCUT2D eigenvalue weighted by Crippen LogP contribution is 2.21. The smallest absolute Gasteiger partial charge is 0.223 e. The monoisotopic (exact) mass is 315 g/mol. The van der Waals surface area contributed by atoms with E-state index < -0.39 is 0 Å². The van der Waals surface area contributed by atoms with Crippen LogP contribution in [0, 0.1) is 0 Å². The summed E-state index contributed by atoms with van der Waals surface area (Å²) in [6.07, 6.45) is 3.18. The van der Waals surface area contributed by atoms with Gasteiger partial charge in [0.25, 0.3) is 0 Å². The molecule has 0 bridgehead atoms. The van der Waals surface area contributed by atoms with Crippen molar-refractivity contribution in [2.24, 2.45) is 0 Å². The Morgan fingerprint density at radius 3 is 3.06 bits per heavy atom. The Balaban J connectivity index is 2.31. The molecule has 17 heavy (non-hydrogen) atoms. The molecule has 0 aliphatic rings. The van der Waals surface area contributed by atoms with Gasteiger partial charge in [-0.25, -0.2) is 0 Å².